The number of rotatable bonds is 10. The first-order valence-corrected chi connectivity index (χ1v) is 13.1. The lowest BCUT2D eigenvalue weighted by atomic mass is 9.85. The fourth-order valence-corrected chi connectivity index (χ4v) is 5.19. The molecule has 2 heterocycles. The molecule has 2 amide bonds. The number of amides is 2. The largest absolute Gasteiger partial charge is 0.481 e. The maximum absolute atomic E-state index is 13.5. The van der Waals surface area contributed by atoms with Crippen molar-refractivity contribution in [1.29, 1.82) is 0 Å². The van der Waals surface area contributed by atoms with Crippen molar-refractivity contribution >= 4 is 29.1 Å². The third-order valence-corrected chi connectivity index (χ3v) is 7.30. The second kappa shape index (κ2) is 11.9. The van der Waals surface area contributed by atoms with E-state index in [2.05, 4.69) is 15.6 Å². The topological polar surface area (TPSA) is 132 Å². The lowest BCUT2D eigenvalue weighted by molar-refractivity contribution is -0.142. The Bertz CT molecular complexity index is 1060. The summed E-state index contributed by atoms with van der Waals surface area (Å²) in [5.74, 6) is -1.46. The molecule has 0 aliphatic carbocycles. The minimum atomic E-state index is -0.886. The molecule has 3 atom stereocenters. The van der Waals surface area contributed by atoms with Crippen LogP contribution in [0.1, 0.15) is 51.3 Å². The Labute approximate surface area is 215 Å². The van der Waals surface area contributed by atoms with E-state index in [4.69, 9.17) is 5.11 Å². The SMILES string of the molecule is Cc1ncsc1-c1ccc(CNC(=O)[C@@H]2C[C@@H](O)CN2C(=O)[C@@H](NCCCC(=O)O)C(C)(C)C)cc1. The molecule has 0 unspecified atom stereocenters. The van der Waals surface area contributed by atoms with Gasteiger partial charge in [-0.25, -0.2) is 4.98 Å². The Morgan fingerprint density at radius 3 is 2.50 bits per heavy atom. The van der Waals surface area contributed by atoms with Crippen LogP contribution in [0.15, 0.2) is 29.8 Å². The van der Waals surface area contributed by atoms with Gasteiger partial charge in [-0.3, -0.25) is 14.4 Å². The van der Waals surface area contributed by atoms with Gasteiger partial charge in [-0.2, -0.15) is 0 Å². The molecule has 0 radical (unpaired) electrons. The molecule has 1 aliphatic heterocycles. The van der Waals surface area contributed by atoms with E-state index in [1.54, 1.807) is 11.3 Å². The van der Waals surface area contributed by atoms with E-state index in [0.717, 1.165) is 21.7 Å². The molecule has 1 aromatic heterocycles. The van der Waals surface area contributed by atoms with Crippen LogP contribution in [-0.2, 0) is 20.9 Å². The molecule has 2 aromatic rings. The number of carbonyl (C=O) groups excluding carboxylic acids is 2. The molecule has 4 N–H and O–H groups in total. The van der Waals surface area contributed by atoms with Gasteiger partial charge in [0.2, 0.25) is 11.8 Å². The summed E-state index contributed by atoms with van der Waals surface area (Å²) in [6.07, 6.45) is -0.199. The summed E-state index contributed by atoms with van der Waals surface area (Å²) in [5.41, 5.74) is 4.34. The van der Waals surface area contributed by atoms with Crippen LogP contribution in [0.5, 0.6) is 0 Å². The Kier molecular flexibility index (Phi) is 9.21. The first-order valence-electron chi connectivity index (χ1n) is 12.2. The van der Waals surface area contributed by atoms with Gasteiger partial charge in [-0.15, -0.1) is 11.3 Å². The third-order valence-electron chi connectivity index (χ3n) is 6.32. The number of aromatic nitrogens is 1. The van der Waals surface area contributed by atoms with Crippen LogP contribution >= 0.6 is 11.3 Å². The van der Waals surface area contributed by atoms with Gasteiger partial charge in [0.1, 0.15) is 6.04 Å². The molecule has 1 fully saturated rings. The summed E-state index contributed by atoms with van der Waals surface area (Å²) >= 11 is 1.58. The van der Waals surface area contributed by atoms with E-state index in [0.29, 0.717) is 19.5 Å². The van der Waals surface area contributed by atoms with Gasteiger partial charge in [0.05, 0.1) is 28.2 Å². The van der Waals surface area contributed by atoms with E-state index >= 15 is 0 Å². The fourth-order valence-electron chi connectivity index (χ4n) is 4.38. The van der Waals surface area contributed by atoms with Crippen LogP contribution < -0.4 is 10.6 Å². The van der Waals surface area contributed by atoms with E-state index in [9.17, 15) is 19.5 Å². The number of likely N-dealkylation sites (tertiary alicyclic amines) is 1. The number of hydrogen-bond acceptors (Lipinski definition) is 7. The summed E-state index contributed by atoms with van der Waals surface area (Å²) in [6, 6.07) is 6.53. The number of carbonyl (C=O) groups is 3. The van der Waals surface area contributed by atoms with E-state index < -0.39 is 29.6 Å². The highest BCUT2D eigenvalue weighted by molar-refractivity contribution is 7.13. The minimum Gasteiger partial charge on any atom is -0.481 e. The van der Waals surface area contributed by atoms with Crippen LogP contribution in [0, 0.1) is 12.3 Å². The van der Waals surface area contributed by atoms with Crippen molar-refractivity contribution in [2.24, 2.45) is 5.41 Å². The number of carboxylic acid groups (broad SMARTS) is 1. The maximum Gasteiger partial charge on any atom is 0.303 e. The van der Waals surface area contributed by atoms with Gasteiger partial charge in [-0.1, -0.05) is 45.0 Å². The standard InChI is InChI=1S/C26H36N4O5S/c1-16-22(36-15-29-16)18-9-7-17(8-10-18)13-28-24(34)20-12-19(31)14-30(20)25(35)23(26(2,3)4)27-11-5-6-21(32)33/h7-10,15,19-20,23,27,31H,5-6,11-14H2,1-4H3,(H,28,34)(H,32,33)/t19-,20+,23-/m1/s1. The number of aliphatic hydroxyl groups is 1. The molecule has 196 valence electrons. The lowest BCUT2D eigenvalue weighted by Crippen LogP contribution is -2.56. The van der Waals surface area contributed by atoms with Crippen LogP contribution in [-0.4, -0.2) is 69.2 Å². The number of hydrogen-bond donors (Lipinski definition) is 4. The molecule has 0 spiro atoms. The summed E-state index contributed by atoms with van der Waals surface area (Å²) in [4.78, 5) is 44.2. The summed E-state index contributed by atoms with van der Waals surface area (Å²) < 4.78 is 0. The molecule has 36 heavy (non-hydrogen) atoms. The number of nitrogens with one attached hydrogen (secondary N) is 2. The zero-order chi connectivity index (χ0) is 26.5. The highest BCUT2D eigenvalue weighted by Crippen LogP contribution is 2.28. The quantitative estimate of drug-likeness (QED) is 0.357. The molecular weight excluding hydrogens is 480 g/mol. The number of benzene rings is 1. The van der Waals surface area contributed by atoms with E-state index in [1.807, 2.05) is 57.5 Å². The fraction of sp³-hybridized carbons (Fsp3) is 0.538. The van der Waals surface area contributed by atoms with Crippen LogP contribution in [0.2, 0.25) is 0 Å². The number of aryl methyl sites for hydroxylation is 1. The number of nitrogens with zero attached hydrogens (tertiary/aromatic N) is 2. The Hall–Kier alpha value is -2.82. The number of thiazole rings is 1. The molecule has 1 aliphatic rings. The van der Waals surface area contributed by atoms with Gasteiger partial charge < -0.3 is 25.7 Å². The second-order valence-electron chi connectivity index (χ2n) is 10.3. The van der Waals surface area contributed by atoms with Crippen molar-refractivity contribution < 1.29 is 24.6 Å². The molecule has 0 bridgehead atoms. The summed E-state index contributed by atoms with van der Waals surface area (Å²) in [5, 5.41) is 25.2. The van der Waals surface area contributed by atoms with Crippen molar-refractivity contribution in [2.45, 2.75) is 71.7 Å². The first-order chi connectivity index (χ1) is 17.0. The predicted molar refractivity (Wildman–Crippen MR) is 138 cm³/mol. The van der Waals surface area contributed by atoms with Crippen molar-refractivity contribution in [3.63, 3.8) is 0 Å². The minimum absolute atomic E-state index is 0.0102. The van der Waals surface area contributed by atoms with E-state index in [1.165, 1.54) is 4.90 Å². The van der Waals surface area contributed by atoms with Crippen molar-refractivity contribution in [3.8, 4) is 10.4 Å². The first kappa shape index (κ1) is 27.8. The number of aliphatic carboxylic acids is 1. The second-order valence-corrected chi connectivity index (χ2v) is 11.2. The molecule has 1 aromatic carbocycles. The Morgan fingerprint density at radius 2 is 1.92 bits per heavy atom. The average Bonchev–Trinajstić information content (AvgIpc) is 3.41. The van der Waals surface area contributed by atoms with Crippen LogP contribution in [0.25, 0.3) is 10.4 Å². The van der Waals surface area contributed by atoms with E-state index in [-0.39, 0.29) is 31.2 Å². The molecule has 10 heteroatoms. The lowest BCUT2D eigenvalue weighted by Gasteiger charge is -2.35. The van der Waals surface area contributed by atoms with Crippen LogP contribution in [0.4, 0.5) is 0 Å². The number of aliphatic hydroxyl groups excluding tert-OH is 1. The maximum atomic E-state index is 13.5. The summed E-state index contributed by atoms with van der Waals surface area (Å²) in [6.45, 7) is 8.48. The van der Waals surface area contributed by atoms with Gasteiger partial charge in [-0.05, 0) is 36.4 Å². The average molecular weight is 517 g/mol. The molecule has 9 nitrogen and oxygen atoms in total. The van der Waals surface area contributed by atoms with Crippen molar-refractivity contribution in [1.82, 2.24) is 20.5 Å². The molecule has 3 rings (SSSR count). The molecular formula is C26H36N4O5S. The number of β-amino-alcohol motifs (C(OH)–C–C–N with tert-alkyl or cyclic N) is 1. The van der Waals surface area contributed by atoms with Crippen LogP contribution in [0.3, 0.4) is 0 Å². The zero-order valence-corrected chi connectivity index (χ0v) is 22.1. The highest BCUT2D eigenvalue weighted by Gasteiger charge is 2.43. The third kappa shape index (κ3) is 7.11. The monoisotopic (exact) mass is 516 g/mol. The zero-order valence-electron chi connectivity index (χ0n) is 21.3. The smallest absolute Gasteiger partial charge is 0.303 e. The Balaban J connectivity index is 1.63. The van der Waals surface area contributed by atoms with Gasteiger partial charge in [0.25, 0.3) is 0 Å². The number of carboxylic acids is 1. The molecule has 0 saturated carbocycles. The van der Waals surface area contributed by atoms with Gasteiger partial charge >= 0.3 is 5.97 Å². The predicted octanol–water partition coefficient (Wildman–Crippen LogP) is 2.57. The molecule has 1 saturated heterocycles. The van der Waals surface area contributed by atoms with Crippen molar-refractivity contribution in [2.75, 3.05) is 13.1 Å². The summed E-state index contributed by atoms with van der Waals surface area (Å²) in [7, 11) is 0. The Morgan fingerprint density at radius 1 is 1.22 bits per heavy atom. The normalized spacial score (nSPS) is 18.8. The highest BCUT2D eigenvalue weighted by atomic mass is 32.1. The van der Waals surface area contributed by atoms with Gasteiger partial charge in [0.15, 0.2) is 0 Å². The van der Waals surface area contributed by atoms with Gasteiger partial charge in [0, 0.05) is 25.9 Å². The van der Waals surface area contributed by atoms with Crippen molar-refractivity contribution in [3.05, 3.63) is 41.0 Å².